The van der Waals surface area contributed by atoms with Gasteiger partial charge in [-0.15, -0.1) is 0 Å². The number of aliphatic hydroxyl groups excluding tert-OH is 1. The molecule has 0 saturated heterocycles. The highest BCUT2D eigenvalue weighted by atomic mass is 16.5. The fourth-order valence-corrected chi connectivity index (χ4v) is 2.15. The normalized spacial score (nSPS) is 12.4. The number of aryl methyl sites for hydroxylation is 1. The van der Waals surface area contributed by atoms with Gasteiger partial charge < -0.3 is 19.1 Å². The van der Waals surface area contributed by atoms with Crippen molar-refractivity contribution in [3.63, 3.8) is 0 Å². The van der Waals surface area contributed by atoms with Gasteiger partial charge in [0.25, 0.3) is 0 Å². The van der Waals surface area contributed by atoms with Crippen LogP contribution in [0.3, 0.4) is 0 Å². The van der Waals surface area contributed by atoms with Gasteiger partial charge in [-0.3, -0.25) is 0 Å². The molecule has 1 aromatic carbocycles. The Morgan fingerprint density at radius 3 is 2.79 bits per heavy atom. The van der Waals surface area contributed by atoms with E-state index >= 15 is 0 Å². The van der Waals surface area contributed by atoms with Gasteiger partial charge >= 0.3 is 5.97 Å². The smallest absolute Gasteiger partial charge is 0.339 e. The molecule has 0 aliphatic rings. The number of hydrogen-bond acceptors (Lipinski definition) is 4. The molecule has 0 aliphatic heterocycles. The molecule has 0 bridgehead atoms. The molecule has 0 amide bonds. The maximum absolute atomic E-state index is 11.6. The van der Waals surface area contributed by atoms with Crippen molar-refractivity contribution in [3.8, 4) is 5.75 Å². The lowest BCUT2D eigenvalue weighted by Gasteiger charge is -2.13. The maximum atomic E-state index is 11.6. The first-order valence-electron chi connectivity index (χ1n) is 6.06. The minimum Gasteiger partial charge on any atom is -0.495 e. The van der Waals surface area contributed by atoms with Crippen LogP contribution in [0.15, 0.2) is 24.4 Å². The van der Waals surface area contributed by atoms with Crippen LogP contribution in [-0.4, -0.2) is 29.4 Å². The lowest BCUT2D eigenvalue weighted by Crippen LogP contribution is -2.15. The molecular formula is C14H17NO4. The number of nitrogens with zero attached hydrogens (tertiary/aromatic N) is 1. The third-order valence-electron chi connectivity index (χ3n) is 3.06. The monoisotopic (exact) mass is 263 g/mol. The Kier molecular flexibility index (Phi) is 3.76. The fourth-order valence-electron chi connectivity index (χ4n) is 2.15. The third-order valence-corrected chi connectivity index (χ3v) is 3.06. The van der Waals surface area contributed by atoms with Crippen molar-refractivity contribution in [3.05, 3.63) is 30.0 Å². The highest BCUT2D eigenvalue weighted by molar-refractivity contribution is 5.92. The Hall–Kier alpha value is -2.01. The summed E-state index contributed by atoms with van der Waals surface area (Å²) in [5.74, 6) is 0.0557. The first kappa shape index (κ1) is 13.4. The molecule has 1 N–H and O–H groups in total. The van der Waals surface area contributed by atoms with E-state index < -0.39 is 12.1 Å². The number of hydrogen-bond donors (Lipinski definition) is 1. The minimum absolute atomic E-state index is 0.240. The number of methoxy groups -OCH3 is 1. The maximum Gasteiger partial charge on any atom is 0.339 e. The van der Waals surface area contributed by atoms with E-state index in [-0.39, 0.29) is 6.61 Å². The van der Waals surface area contributed by atoms with Crippen LogP contribution in [0.5, 0.6) is 5.75 Å². The van der Waals surface area contributed by atoms with Crippen LogP contribution in [-0.2, 0) is 16.6 Å². The summed E-state index contributed by atoms with van der Waals surface area (Å²) in [5, 5.41) is 10.8. The van der Waals surface area contributed by atoms with Crippen molar-refractivity contribution < 1.29 is 19.4 Å². The number of fused-ring (bicyclic) bond motifs is 1. The van der Waals surface area contributed by atoms with Crippen molar-refractivity contribution in [2.24, 2.45) is 7.05 Å². The molecule has 0 saturated carbocycles. The third kappa shape index (κ3) is 2.29. The Bertz CT molecular complexity index is 603. The van der Waals surface area contributed by atoms with E-state index in [2.05, 4.69) is 0 Å². The van der Waals surface area contributed by atoms with E-state index in [9.17, 15) is 9.90 Å². The molecule has 1 aromatic heterocycles. The summed E-state index contributed by atoms with van der Waals surface area (Å²) in [5.41, 5.74) is 1.36. The van der Waals surface area contributed by atoms with Gasteiger partial charge in [-0.25, -0.2) is 4.79 Å². The van der Waals surface area contributed by atoms with Crippen molar-refractivity contribution in [2.45, 2.75) is 13.0 Å². The second-order valence-electron chi connectivity index (χ2n) is 4.20. The summed E-state index contributed by atoms with van der Waals surface area (Å²) in [4.78, 5) is 11.6. The number of benzene rings is 1. The second-order valence-corrected chi connectivity index (χ2v) is 4.20. The van der Waals surface area contributed by atoms with Crippen LogP contribution in [0.2, 0.25) is 0 Å². The topological polar surface area (TPSA) is 60.7 Å². The van der Waals surface area contributed by atoms with Gasteiger partial charge in [0.05, 0.1) is 19.2 Å². The molecule has 5 heteroatoms. The number of aliphatic hydroxyl groups is 1. The molecule has 2 aromatic rings. The number of ether oxygens (including phenoxy) is 2. The van der Waals surface area contributed by atoms with Crippen molar-refractivity contribution >= 4 is 16.9 Å². The van der Waals surface area contributed by atoms with Gasteiger partial charge in [0.15, 0.2) is 6.10 Å². The molecule has 2 rings (SSSR count). The second kappa shape index (κ2) is 5.32. The van der Waals surface area contributed by atoms with Crippen LogP contribution in [0.4, 0.5) is 0 Å². The molecule has 0 aliphatic carbocycles. The van der Waals surface area contributed by atoms with E-state index in [1.165, 1.54) is 0 Å². The van der Waals surface area contributed by atoms with Gasteiger partial charge in [0.2, 0.25) is 0 Å². The molecule has 0 radical (unpaired) electrons. The van der Waals surface area contributed by atoms with Crippen molar-refractivity contribution in [1.29, 1.82) is 0 Å². The number of aromatic nitrogens is 1. The number of rotatable bonds is 4. The average Bonchev–Trinajstić information content (AvgIpc) is 2.80. The first-order chi connectivity index (χ1) is 9.10. The summed E-state index contributed by atoms with van der Waals surface area (Å²) in [7, 11) is 3.47. The lowest BCUT2D eigenvalue weighted by molar-refractivity contribution is -0.153. The number of carbonyl (C=O) groups is 1. The van der Waals surface area contributed by atoms with Crippen LogP contribution < -0.4 is 4.74 Å². The molecular weight excluding hydrogens is 246 g/mol. The van der Waals surface area contributed by atoms with Crippen LogP contribution in [0, 0.1) is 0 Å². The standard InChI is InChI=1S/C14H17NO4/c1-4-19-14(17)13(16)10-5-6-11(18-3)12-9(10)7-8-15(12)2/h5-8,13,16H,4H2,1-3H3. The molecule has 102 valence electrons. The van der Waals surface area contributed by atoms with Crippen LogP contribution >= 0.6 is 0 Å². The zero-order valence-corrected chi connectivity index (χ0v) is 11.2. The molecule has 1 unspecified atom stereocenters. The minimum atomic E-state index is -1.28. The molecule has 0 fully saturated rings. The Balaban J connectivity index is 2.53. The van der Waals surface area contributed by atoms with Gasteiger partial charge in [-0.1, -0.05) is 6.07 Å². The molecule has 0 spiro atoms. The van der Waals surface area contributed by atoms with Gasteiger partial charge in [0.1, 0.15) is 5.75 Å². The molecule has 1 heterocycles. The Labute approximate surface area is 111 Å². The summed E-state index contributed by atoms with van der Waals surface area (Å²) in [6, 6.07) is 5.26. The summed E-state index contributed by atoms with van der Waals surface area (Å²) in [6.45, 7) is 1.95. The van der Waals surface area contributed by atoms with E-state index in [1.807, 2.05) is 23.9 Å². The van der Waals surface area contributed by atoms with Crippen molar-refractivity contribution in [2.75, 3.05) is 13.7 Å². The van der Waals surface area contributed by atoms with Crippen LogP contribution in [0.25, 0.3) is 10.9 Å². The van der Waals surface area contributed by atoms with E-state index in [0.29, 0.717) is 11.3 Å². The van der Waals surface area contributed by atoms with Crippen LogP contribution in [0.1, 0.15) is 18.6 Å². The van der Waals surface area contributed by atoms with Gasteiger partial charge in [-0.2, -0.15) is 0 Å². The number of carbonyl (C=O) groups excluding carboxylic acids is 1. The SMILES string of the molecule is CCOC(=O)C(O)c1ccc(OC)c2c1ccn2C. The Morgan fingerprint density at radius 1 is 1.42 bits per heavy atom. The van der Waals surface area contributed by atoms with E-state index in [1.54, 1.807) is 26.2 Å². The summed E-state index contributed by atoms with van der Waals surface area (Å²) in [6.07, 6.45) is 0.574. The zero-order chi connectivity index (χ0) is 14.0. The van der Waals surface area contributed by atoms with E-state index in [0.717, 1.165) is 10.9 Å². The predicted molar refractivity (Wildman–Crippen MR) is 71.1 cm³/mol. The van der Waals surface area contributed by atoms with Gasteiger partial charge in [0, 0.05) is 24.2 Å². The highest BCUT2D eigenvalue weighted by Crippen LogP contribution is 2.32. The fraction of sp³-hybridized carbons (Fsp3) is 0.357. The average molecular weight is 263 g/mol. The summed E-state index contributed by atoms with van der Waals surface area (Å²) < 4.78 is 12.0. The predicted octanol–water partition coefficient (Wildman–Crippen LogP) is 1.78. The van der Waals surface area contributed by atoms with Gasteiger partial charge in [-0.05, 0) is 19.1 Å². The van der Waals surface area contributed by atoms with Crippen molar-refractivity contribution in [1.82, 2.24) is 4.57 Å². The highest BCUT2D eigenvalue weighted by Gasteiger charge is 2.22. The number of esters is 1. The Morgan fingerprint density at radius 2 is 2.16 bits per heavy atom. The zero-order valence-electron chi connectivity index (χ0n) is 11.2. The largest absolute Gasteiger partial charge is 0.495 e. The molecule has 1 atom stereocenters. The molecule has 5 nitrogen and oxygen atoms in total. The lowest BCUT2D eigenvalue weighted by atomic mass is 10.0. The van der Waals surface area contributed by atoms with E-state index in [4.69, 9.17) is 9.47 Å². The quantitative estimate of drug-likeness (QED) is 0.854. The first-order valence-corrected chi connectivity index (χ1v) is 6.06. The molecule has 19 heavy (non-hydrogen) atoms. The summed E-state index contributed by atoms with van der Waals surface area (Å²) >= 11 is 0.